The molecule has 0 spiro atoms. The summed E-state index contributed by atoms with van der Waals surface area (Å²) in [6.07, 6.45) is 0.844. The van der Waals surface area contributed by atoms with Crippen LogP contribution in [0, 0.1) is 22.7 Å². The van der Waals surface area contributed by atoms with Crippen molar-refractivity contribution in [3.8, 4) is 0 Å². The van der Waals surface area contributed by atoms with E-state index in [0.29, 0.717) is 0 Å². The van der Waals surface area contributed by atoms with Crippen LogP contribution in [0.5, 0.6) is 0 Å². The fourth-order valence-electron chi connectivity index (χ4n) is 3.37. The third-order valence-corrected chi connectivity index (χ3v) is 3.81. The molecule has 2 N–H and O–H groups in total. The summed E-state index contributed by atoms with van der Waals surface area (Å²) in [6, 6.07) is 0. The van der Waals surface area contributed by atoms with Gasteiger partial charge in [0.15, 0.2) is 0 Å². The Bertz CT molecular complexity index is 391. The SMILES string of the molecule is CC(C)(C)CC(C)(C)NC(=O)[C@H]1[C@@H](C(=O)O)C1(C)C. The van der Waals surface area contributed by atoms with Crippen molar-refractivity contribution in [2.24, 2.45) is 22.7 Å². The zero-order chi connectivity index (χ0) is 15.2. The van der Waals surface area contributed by atoms with Crippen LogP contribution in [-0.2, 0) is 9.59 Å². The molecule has 0 radical (unpaired) electrons. The number of aliphatic carboxylic acids is 1. The molecule has 1 aliphatic carbocycles. The van der Waals surface area contributed by atoms with E-state index in [0.717, 1.165) is 6.42 Å². The number of rotatable bonds is 4. The first kappa shape index (κ1) is 16.0. The summed E-state index contributed by atoms with van der Waals surface area (Å²) in [7, 11) is 0. The van der Waals surface area contributed by atoms with E-state index in [1.54, 1.807) is 0 Å². The second-order valence-corrected chi connectivity index (χ2v) is 8.23. The van der Waals surface area contributed by atoms with Gasteiger partial charge < -0.3 is 10.4 Å². The van der Waals surface area contributed by atoms with E-state index in [1.807, 2.05) is 27.7 Å². The fourth-order valence-corrected chi connectivity index (χ4v) is 3.37. The highest BCUT2D eigenvalue weighted by molar-refractivity contribution is 5.91. The van der Waals surface area contributed by atoms with Crippen molar-refractivity contribution in [1.82, 2.24) is 5.32 Å². The summed E-state index contributed by atoms with van der Waals surface area (Å²) >= 11 is 0. The predicted octanol–water partition coefficient (Wildman–Crippen LogP) is 2.67. The average molecular weight is 269 g/mol. The maximum atomic E-state index is 12.3. The van der Waals surface area contributed by atoms with Crippen molar-refractivity contribution < 1.29 is 14.7 Å². The van der Waals surface area contributed by atoms with Crippen molar-refractivity contribution in [3.63, 3.8) is 0 Å². The lowest BCUT2D eigenvalue weighted by Gasteiger charge is -2.33. The Labute approximate surface area is 116 Å². The number of carboxylic acid groups (broad SMARTS) is 1. The van der Waals surface area contributed by atoms with Gasteiger partial charge in [0.05, 0.1) is 11.8 Å². The van der Waals surface area contributed by atoms with Gasteiger partial charge in [-0.05, 0) is 31.1 Å². The first-order valence-corrected chi connectivity index (χ1v) is 6.83. The number of hydrogen-bond donors (Lipinski definition) is 2. The molecule has 0 unspecified atom stereocenters. The molecule has 4 heteroatoms. The van der Waals surface area contributed by atoms with E-state index < -0.39 is 23.2 Å². The molecule has 4 nitrogen and oxygen atoms in total. The number of carboxylic acids is 1. The first-order chi connectivity index (χ1) is 8.28. The largest absolute Gasteiger partial charge is 0.481 e. The van der Waals surface area contributed by atoms with Crippen LogP contribution in [0.1, 0.15) is 54.9 Å². The number of carbonyl (C=O) groups is 2. The highest BCUT2D eigenvalue weighted by Gasteiger charge is 2.66. The van der Waals surface area contributed by atoms with Crippen LogP contribution in [0.4, 0.5) is 0 Å². The van der Waals surface area contributed by atoms with Crippen molar-refractivity contribution >= 4 is 11.9 Å². The van der Waals surface area contributed by atoms with Crippen LogP contribution in [0.15, 0.2) is 0 Å². The highest BCUT2D eigenvalue weighted by atomic mass is 16.4. The number of hydrogen-bond acceptors (Lipinski definition) is 2. The van der Waals surface area contributed by atoms with Crippen LogP contribution < -0.4 is 5.32 Å². The molecule has 1 rings (SSSR count). The van der Waals surface area contributed by atoms with Gasteiger partial charge in [-0.2, -0.15) is 0 Å². The second-order valence-electron chi connectivity index (χ2n) is 8.23. The summed E-state index contributed by atoms with van der Waals surface area (Å²) in [6.45, 7) is 14.0. The monoisotopic (exact) mass is 269 g/mol. The molecule has 0 aromatic heterocycles. The van der Waals surface area contributed by atoms with Gasteiger partial charge in [0.2, 0.25) is 5.91 Å². The molecule has 1 aliphatic rings. The standard InChI is InChI=1S/C15H27NO3/c1-13(2,3)8-14(4,5)16-11(17)9-10(12(18)19)15(9,6)7/h9-10H,8H2,1-7H3,(H,16,17)(H,18,19)/t9-,10+/m1/s1. The molecular formula is C15H27NO3. The average Bonchev–Trinajstić information content (AvgIpc) is 2.62. The van der Waals surface area contributed by atoms with E-state index in [9.17, 15) is 9.59 Å². The normalized spacial score (nSPS) is 25.8. The third kappa shape index (κ3) is 3.71. The van der Waals surface area contributed by atoms with Crippen LogP contribution >= 0.6 is 0 Å². The lowest BCUT2D eigenvalue weighted by molar-refractivity contribution is -0.140. The minimum absolute atomic E-state index is 0.113. The Hall–Kier alpha value is -1.06. The topological polar surface area (TPSA) is 66.4 Å². The van der Waals surface area contributed by atoms with E-state index in [4.69, 9.17) is 5.11 Å². The number of amides is 1. The van der Waals surface area contributed by atoms with Gasteiger partial charge in [0, 0.05) is 5.54 Å². The zero-order valence-corrected chi connectivity index (χ0v) is 13.1. The summed E-state index contributed by atoms with van der Waals surface area (Å²) < 4.78 is 0. The smallest absolute Gasteiger partial charge is 0.307 e. The van der Waals surface area contributed by atoms with Crippen molar-refractivity contribution in [3.05, 3.63) is 0 Å². The summed E-state index contributed by atoms with van der Waals surface area (Å²) in [4.78, 5) is 23.4. The maximum Gasteiger partial charge on any atom is 0.307 e. The van der Waals surface area contributed by atoms with Gasteiger partial charge in [0.25, 0.3) is 0 Å². The first-order valence-electron chi connectivity index (χ1n) is 6.83. The lowest BCUT2D eigenvalue weighted by Crippen LogP contribution is -2.47. The van der Waals surface area contributed by atoms with Crippen LogP contribution in [0.3, 0.4) is 0 Å². The maximum absolute atomic E-state index is 12.3. The molecule has 0 saturated heterocycles. The quantitative estimate of drug-likeness (QED) is 0.824. The molecule has 1 saturated carbocycles. The van der Waals surface area contributed by atoms with Crippen LogP contribution in [0.25, 0.3) is 0 Å². The zero-order valence-electron chi connectivity index (χ0n) is 13.1. The van der Waals surface area contributed by atoms with Gasteiger partial charge in [-0.15, -0.1) is 0 Å². The van der Waals surface area contributed by atoms with E-state index in [2.05, 4.69) is 26.1 Å². The van der Waals surface area contributed by atoms with Crippen molar-refractivity contribution in [2.75, 3.05) is 0 Å². The second kappa shape index (κ2) is 4.50. The third-order valence-electron chi connectivity index (χ3n) is 3.81. The predicted molar refractivity (Wildman–Crippen MR) is 74.7 cm³/mol. The summed E-state index contributed by atoms with van der Waals surface area (Å²) in [5.74, 6) is -1.98. The Morgan fingerprint density at radius 3 is 1.89 bits per heavy atom. The molecular weight excluding hydrogens is 242 g/mol. The lowest BCUT2D eigenvalue weighted by atomic mass is 9.81. The highest BCUT2D eigenvalue weighted by Crippen LogP contribution is 2.58. The Morgan fingerprint density at radius 2 is 1.58 bits per heavy atom. The molecule has 1 fully saturated rings. The molecule has 1 amide bonds. The summed E-state index contributed by atoms with van der Waals surface area (Å²) in [5, 5.41) is 12.1. The van der Waals surface area contributed by atoms with Crippen LogP contribution in [0.2, 0.25) is 0 Å². The van der Waals surface area contributed by atoms with Gasteiger partial charge in [-0.1, -0.05) is 34.6 Å². The van der Waals surface area contributed by atoms with Crippen LogP contribution in [-0.4, -0.2) is 22.5 Å². The van der Waals surface area contributed by atoms with Gasteiger partial charge in [-0.25, -0.2) is 0 Å². The Kier molecular flexibility index (Phi) is 3.79. The summed E-state index contributed by atoms with van der Waals surface area (Å²) in [5.41, 5.74) is -0.646. The molecule has 2 atom stereocenters. The Balaban J connectivity index is 2.69. The van der Waals surface area contributed by atoms with Crippen molar-refractivity contribution in [2.45, 2.75) is 60.4 Å². The van der Waals surface area contributed by atoms with Gasteiger partial charge >= 0.3 is 5.97 Å². The Morgan fingerprint density at radius 1 is 1.11 bits per heavy atom. The molecule has 0 aliphatic heterocycles. The minimum atomic E-state index is -0.876. The van der Waals surface area contributed by atoms with E-state index in [-0.39, 0.29) is 16.9 Å². The van der Waals surface area contributed by atoms with Crippen molar-refractivity contribution in [1.29, 1.82) is 0 Å². The number of carbonyl (C=O) groups excluding carboxylic acids is 1. The minimum Gasteiger partial charge on any atom is -0.481 e. The molecule has 19 heavy (non-hydrogen) atoms. The van der Waals surface area contributed by atoms with E-state index in [1.165, 1.54) is 0 Å². The molecule has 110 valence electrons. The van der Waals surface area contributed by atoms with Gasteiger partial charge in [0.1, 0.15) is 0 Å². The van der Waals surface area contributed by atoms with Gasteiger partial charge in [-0.3, -0.25) is 9.59 Å². The molecule has 0 aromatic rings. The molecule has 0 aromatic carbocycles. The molecule has 0 bridgehead atoms. The molecule has 0 heterocycles. The fraction of sp³-hybridized carbons (Fsp3) is 0.867. The number of nitrogens with one attached hydrogen (secondary N) is 1. The van der Waals surface area contributed by atoms with E-state index >= 15 is 0 Å².